The molecule has 0 fully saturated rings. The van der Waals surface area contributed by atoms with Gasteiger partial charge in [0.25, 0.3) is 0 Å². The van der Waals surface area contributed by atoms with E-state index >= 15 is 0 Å². The second-order valence-corrected chi connectivity index (χ2v) is 6.01. The Morgan fingerprint density at radius 2 is 1.62 bits per heavy atom. The van der Waals surface area contributed by atoms with E-state index in [9.17, 15) is 0 Å². The Kier molecular flexibility index (Phi) is 2.24. The summed E-state index contributed by atoms with van der Waals surface area (Å²) in [5, 5.41) is 8.96. The molecule has 2 aromatic rings. The molecule has 0 radical (unpaired) electrons. The molecule has 64 valence electrons. The summed E-state index contributed by atoms with van der Waals surface area (Å²) >= 11 is -1.93. The van der Waals surface area contributed by atoms with Crippen molar-refractivity contribution < 1.29 is 8.83 Å². The second kappa shape index (κ2) is 3.55. The molecule has 0 unspecified atom stereocenters. The predicted octanol–water partition coefficient (Wildman–Crippen LogP) is 0.544. The Labute approximate surface area is 79.8 Å². The standard InChI is InChI=1S/C9H6AsNO2/c11-7-10(8-3-1-5-12-8)9-4-2-6-13-9/h1-6H. The second-order valence-electron chi connectivity index (χ2n) is 2.34. The van der Waals surface area contributed by atoms with Gasteiger partial charge in [0.15, 0.2) is 0 Å². The Morgan fingerprint density at radius 3 is 1.92 bits per heavy atom. The van der Waals surface area contributed by atoms with Gasteiger partial charge in [0, 0.05) is 0 Å². The van der Waals surface area contributed by atoms with Crippen LogP contribution in [0.15, 0.2) is 45.6 Å². The topological polar surface area (TPSA) is 50.1 Å². The van der Waals surface area contributed by atoms with E-state index in [2.05, 4.69) is 4.86 Å². The van der Waals surface area contributed by atoms with Gasteiger partial charge in [0.2, 0.25) is 0 Å². The Bertz CT molecular complexity index is 365. The molecular formula is C9H6AsNO2. The minimum atomic E-state index is -1.93. The first-order valence-corrected chi connectivity index (χ1v) is 6.50. The van der Waals surface area contributed by atoms with Gasteiger partial charge >= 0.3 is 79.5 Å². The summed E-state index contributed by atoms with van der Waals surface area (Å²) in [5.74, 6) is 0. The fraction of sp³-hybridized carbons (Fsp3) is 0. The third kappa shape index (κ3) is 1.54. The van der Waals surface area contributed by atoms with Crippen molar-refractivity contribution in [2.45, 2.75) is 0 Å². The van der Waals surface area contributed by atoms with Crippen molar-refractivity contribution in [2.24, 2.45) is 0 Å². The summed E-state index contributed by atoms with van der Waals surface area (Å²) < 4.78 is 11.9. The van der Waals surface area contributed by atoms with Crippen molar-refractivity contribution in [3.05, 3.63) is 36.8 Å². The van der Waals surface area contributed by atoms with Crippen LogP contribution in [-0.4, -0.2) is 14.7 Å². The van der Waals surface area contributed by atoms with E-state index in [1.807, 2.05) is 12.1 Å². The van der Waals surface area contributed by atoms with Crippen LogP contribution in [0.2, 0.25) is 0 Å². The van der Waals surface area contributed by atoms with E-state index in [-0.39, 0.29) is 0 Å². The number of hydrogen-bond donors (Lipinski definition) is 0. The Balaban J connectivity index is 2.36. The summed E-state index contributed by atoms with van der Waals surface area (Å²) in [6.07, 6.45) is 3.16. The molecule has 3 nitrogen and oxygen atoms in total. The number of furan rings is 2. The summed E-state index contributed by atoms with van der Waals surface area (Å²) in [7, 11) is 0. The molecule has 0 saturated heterocycles. The molecule has 0 aromatic carbocycles. The zero-order chi connectivity index (χ0) is 9.10. The van der Waals surface area contributed by atoms with Gasteiger partial charge in [-0.25, -0.2) is 0 Å². The van der Waals surface area contributed by atoms with Crippen LogP contribution in [0.5, 0.6) is 0 Å². The molecule has 0 spiro atoms. The van der Waals surface area contributed by atoms with Gasteiger partial charge in [-0.2, -0.15) is 0 Å². The molecule has 0 aliphatic carbocycles. The van der Waals surface area contributed by atoms with Gasteiger partial charge < -0.3 is 0 Å². The fourth-order valence-corrected chi connectivity index (χ4v) is 3.56. The number of hydrogen-bond acceptors (Lipinski definition) is 3. The average molecular weight is 235 g/mol. The summed E-state index contributed by atoms with van der Waals surface area (Å²) in [6, 6.07) is 7.23. The molecule has 0 atom stereocenters. The van der Waals surface area contributed by atoms with Crippen LogP contribution < -0.4 is 9.10 Å². The SMILES string of the molecule is N#C[As](c1ccco1)c1ccco1. The van der Waals surface area contributed by atoms with Gasteiger partial charge in [-0.15, -0.1) is 0 Å². The van der Waals surface area contributed by atoms with Crippen LogP contribution in [0.3, 0.4) is 0 Å². The minimum absolute atomic E-state index is 0.755. The first-order valence-electron chi connectivity index (χ1n) is 3.68. The average Bonchev–Trinajstić information content (AvgIpc) is 2.76. The fourth-order valence-electron chi connectivity index (χ4n) is 1.00. The van der Waals surface area contributed by atoms with Crippen LogP contribution in [-0.2, 0) is 0 Å². The molecule has 0 aliphatic rings. The molecule has 0 N–H and O–H groups in total. The van der Waals surface area contributed by atoms with Crippen LogP contribution in [0.4, 0.5) is 0 Å². The van der Waals surface area contributed by atoms with Crippen molar-refractivity contribution in [2.75, 3.05) is 0 Å². The molecule has 4 heteroatoms. The molecule has 13 heavy (non-hydrogen) atoms. The number of nitriles is 1. The normalized spacial score (nSPS) is 10.2. The molecule has 0 saturated carbocycles. The summed E-state index contributed by atoms with van der Waals surface area (Å²) in [4.78, 5) is 2.27. The van der Waals surface area contributed by atoms with Crippen LogP contribution in [0.1, 0.15) is 0 Å². The predicted molar refractivity (Wildman–Crippen MR) is 48.1 cm³/mol. The van der Waals surface area contributed by atoms with Gasteiger partial charge in [-0.05, 0) is 0 Å². The maximum absolute atomic E-state index is 8.96. The first kappa shape index (κ1) is 8.22. The molecule has 0 aliphatic heterocycles. The van der Waals surface area contributed by atoms with Crippen molar-refractivity contribution in [3.8, 4) is 4.86 Å². The zero-order valence-electron chi connectivity index (χ0n) is 6.68. The quantitative estimate of drug-likeness (QED) is 0.714. The van der Waals surface area contributed by atoms with E-state index in [0.717, 1.165) is 9.10 Å². The summed E-state index contributed by atoms with van der Waals surface area (Å²) in [5.41, 5.74) is 0. The van der Waals surface area contributed by atoms with E-state index < -0.39 is 14.7 Å². The van der Waals surface area contributed by atoms with Crippen LogP contribution in [0, 0.1) is 10.1 Å². The van der Waals surface area contributed by atoms with Crippen molar-refractivity contribution in [1.29, 1.82) is 5.26 Å². The monoisotopic (exact) mass is 235 g/mol. The third-order valence-corrected chi connectivity index (χ3v) is 4.89. The Hall–Kier alpha value is -1.39. The number of nitrogens with zero attached hydrogens (tertiary/aromatic N) is 1. The zero-order valence-corrected chi connectivity index (χ0v) is 8.55. The molecule has 2 heterocycles. The van der Waals surface area contributed by atoms with Crippen molar-refractivity contribution >= 4 is 23.7 Å². The molecular weight excluding hydrogens is 229 g/mol. The number of rotatable bonds is 2. The van der Waals surface area contributed by atoms with Gasteiger partial charge in [-0.3, -0.25) is 0 Å². The van der Waals surface area contributed by atoms with Gasteiger partial charge in [-0.1, -0.05) is 0 Å². The Morgan fingerprint density at radius 1 is 1.08 bits per heavy atom. The molecule has 2 rings (SSSR count). The van der Waals surface area contributed by atoms with E-state index in [0.29, 0.717) is 0 Å². The molecule has 2 aromatic heterocycles. The van der Waals surface area contributed by atoms with Gasteiger partial charge in [0.05, 0.1) is 0 Å². The van der Waals surface area contributed by atoms with E-state index in [4.69, 9.17) is 14.1 Å². The van der Waals surface area contributed by atoms with Crippen molar-refractivity contribution in [3.63, 3.8) is 0 Å². The van der Waals surface area contributed by atoms with Gasteiger partial charge in [0.1, 0.15) is 0 Å². The third-order valence-electron chi connectivity index (χ3n) is 1.55. The summed E-state index contributed by atoms with van der Waals surface area (Å²) in [6.45, 7) is 0. The van der Waals surface area contributed by atoms with E-state index in [1.54, 1.807) is 24.7 Å². The maximum atomic E-state index is 8.96. The molecule has 0 bridgehead atoms. The van der Waals surface area contributed by atoms with Crippen LogP contribution >= 0.6 is 0 Å². The van der Waals surface area contributed by atoms with Crippen LogP contribution in [0.25, 0.3) is 0 Å². The van der Waals surface area contributed by atoms with Crippen molar-refractivity contribution in [1.82, 2.24) is 0 Å². The van der Waals surface area contributed by atoms with E-state index in [1.165, 1.54) is 0 Å². The molecule has 0 amide bonds. The first-order chi connectivity index (χ1) is 6.42.